The fourth-order valence-corrected chi connectivity index (χ4v) is 2.52. The summed E-state index contributed by atoms with van der Waals surface area (Å²) in [7, 11) is 0. The van der Waals surface area contributed by atoms with Crippen LogP contribution in [-0.2, 0) is 32.3 Å². The van der Waals surface area contributed by atoms with Crippen molar-refractivity contribution in [1.82, 2.24) is 0 Å². The van der Waals surface area contributed by atoms with Crippen LogP contribution in [-0.4, -0.2) is 11.9 Å². The number of rotatable bonds is 7. The van der Waals surface area contributed by atoms with E-state index in [1.54, 1.807) is 12.1 Å². The number of hydrogen-bond acceptors (Lipinski definition) is 4. The van der Waals surface area contributed by atoms with Gasteiger partial charge in [-0.2, -0.15) is 0 Å². The normalized spacial score (nSPS) is 10.0. The van der Waals surface area contributed by atoms with Gasteiger partial charge in [0.2, 0.25) is 0 Å². The lowest BCUT2D eigenvalue weighted by molar-refractivity contribution is -0.148. The van der Waals surface area contributed by atoms with Crippen molar-refractivity contribution in [3.8, 4) is 0 Å². The third-order valence-corrected chi connectivity index (χ3v) is 3.98. The summed E-state index contributed by atoms with van der Waals surface area (Å²) in [6.07, 6.45) is 1.49. The fraction of sp³-hybridized carbons (Fsp3) is 0.0833. The molecule has 28 heavy (non-hydrogen) atoms. The zero-order chi connectivity index (χ0) is 19.6. The maximum absolute atomic E-state index is 12.6. The summed E-state index contributed by atoms with van der Waals surface area (Å²) in [6.45, 7) is 0.162. The van der Waals surface area contributed by atoms with Crippen molar-refractivity contribution < 1.29 is 19.1 Å². The molecule has 0 spiro atoms. The van der Waals surface area contributed by atoms with Crippen LogP contribution in [0.5, 0.6) is 0 Å². The summed E-state index contributed by atoms with van der Waals surface area (Å²) in [5.41, 5.74) is 2.25. The summed E-state index contributed by atoms with van der Waals surface area (Å²) < 4.78 is 10.7. The zero-order valence-electron chi connectivity index (χ0n) is 15.3. The van der Waals surface area contributed by atoms with Crippen molar-refractivity contribution in [1.29, 1.82) is 0 Å². The average Bonchev–Trinajstić information content (AvgIpc) is 2.76. The second kappa shape index (κ2) is 9.88. The van der Waals surface area contributed by atoms with E-state index in [-0.39, 0.29) is 18.8 Å². The molecular weight excluding hydrogens is 352 g/mol. The molecule has 0 saturated carbocycles. The third kappa shape index (κ3) is 5.68. The largest absolute Gasteiger partial charge is 0.457 e. The molecule has 0 aliphatic rings. The van der Waals surface area contributed by atoms with Crippen molar-refractivity contribution in [3.63, 3.8) is 0 Å². The molecule has 4 nitrogen and oxygen atoms in total. The average molecular weight is 372 g/mol. The van der Waals surface area contributed by atoms with Crippen molar-refractivity contribution in [2.24, 2.45) is 0 Å². The Kier molecular flexibility index (Phi) is 6.74. The third-order valence-electron chi connectivity index (χ3n) is 3.98. The van der Waals surface area contributed by atoms with Crippen LogP contribution in [0.2, 0.25) is 0 Å². The molecule has 0 N–H and O–H groups in total. The van der Waals surface area contributed by atoms with Crippen molar-refractivity contribution in [2.45, 2.75) is 13.2 Å². The maximum atomic E-state index is 12.6. The lowest BCUT2D eigenvalue weighted by atomic mass is 10.1. The molecular formula is C24H20O4. The Morgan fingerprint density at radius 1 is 0.607 bits per heavy atom. The summed E-state index contributed by atoms with van der Waals surface area (Å²) in [5, 5.41) is 0. The van der Waals surface area contributed by atoms with Gasteiger partial charge in [-0.05, 0) is 22.8 Å². The van der Waals surface area contributed by atoms with Crippen LogP contribution in [0, 0.1) is 0 Å². The number of hydrogen-bond donors (Lipinski definition) is 0. The Morgan fingerprint density at radius 2 is 1.00 bits per heavy atom. The van der Waals surface area contributed by atoms with E-state index in [1.165, 1.54) is 6.08 Å². The monoisotopic (exact) mass is 372 g/mol. The Morgan fingerprint density at radius 3 is 1.43 bits per heavy atom. The minimum absolute atomic E-state index is 0.0811. The van der Waals surface area contributed by atoms with Gasteiger partial charge in [-0.3, -0.25) is 0 Å². The molecule has 0 saturated heterocycles. The highest BCUT2D eigenvalue weighted by molar-refractivity contribution is 6.17. The molecule has 4 heteroatoms. The van der Waals surface area contributed by atoms with Gasteiger partial charge >= 0.3 is 11.9 Å². The molecule has 3 aromatic carbocycles. The van der Waals surface area contributed by atoms with E-state index in [9.17, 15) is 9.59 Å². The van der Waals surface area contributed by atoms with E-state index in [2.05, 4.69) is 0 Å². The minimum Gasteiger partial charge on any atom is -0.457 e. The van der Waals surface area contributed by atoms with Gasteiger partial charge in [0.15, 0.2) is 0 Å². The van der Waals surface area contributed by atoms with Crippen LogP contribution in [0.1, 0.15) is 16.7 Å². The molecule has 0 unspecified atom stereocenters. The van der Waals surface area contributed by atoms with Crippen molar-refractivity contribution in [2.75, 3.05) is 0 Å². The summed E-state index contributed by atoms with van der Waals surface area (Å²) in [4.78, 5) is 25.2. The number of esters is 2. The first-order chi connectivity index (χ1) is 13.7. The first kappa shape index (κ1) is 19.1. The van der Waals surface area contributed by atoms with Gasteiger partial charge < -0.3 is 9.47 Å². The van der Waals surface area contributed by atoms with Crippen LogP contribution in [0.3, 0.4) is 0 Å². The highest BCUT2D eigenvalue weighted by Crippen LogP contribution is 2.13. The smallest absolute Gasteiger partial charge is 0.345 e. The highest BCUT2D eigenvalue weighted by atomic mass is 16.6. The molecule has 140 valence electrons. The molecule has 3 aromatic rings. The molecule has 0 heterocycles. The SMILES string of the molecule is O=C(OCc1ccccc1)C(=Cc1ccccc1)C(=O)OCc1ccccc1. The predicted octanol–water partition coefficient (Wildman–Crippen LogP) is 4.56. The van der Waals surface area contributed by atoms with Gasteiger partial charge in [-0.15, -0.1) is 0 Å². The zero-order valence-corrected chi connectivity index (χ0v) is 15.3. The van der Waals surface area contributed by atoms with Crippen LogP contribution < -0.4 is 0 Å². The maximum Gasteiger partial charge on any atom is 0.345 e. The molecule has 0 amide bonds. The molecule has 0 bridgehead atoms. The van der Waals surface area contributed by atoms with E-state index < -0.39 is 11.9 Å². The fourth-order valence-electron chi connectivity index (χ4n) is 2.52. The van der Waals surface area contributed by atoms with E-state index in [1.807, 2.05) is 78.9 Å². The van der Waals surface area contributed by atoms with Crippen LogP contribution in [0.25, 0.3) is 6.08 Å². The van der Waals surface area contributed by atoms with Gasteiger partial charge in [-0.25, -0.2) is 9.59 Å². The molecule has 0 aliphatic heterocycles. The van der Waals surface area contributed by atoms with Gasteiger partial charge in [-0.1, -0.05) is 91.0 Å². The first-order valence-electron chi connectivity index (χ1n) is 8.91. The van der Waals surface area contributed by atoms with Crippen LogP contribution in [0.15, 0.2) is 96.6 Å². The molecule has 0 aromatic heterocycles. The highest BCUT2D eigenvalue weighted by Gasteiger charge is 2.22. The Balaban J connectivity index is 1.73. The molecule has 0 fully saturated rings. The lowest BCUT2D eigenvalue weighted by Crippen LogP contribution is -2.18. The van der Waals surface area contributed by atoms with Gasteiger partial charge in [0.25, 0.3) is 0 Å². The summed E-state index contributed by atoms with van der Waals surface area (Å²) in [6, 6.07) is 27.7. The Hall–Kier alpha value is -3.66. The van der Waals surface area contributed by atoms with Gasteiger partial charge in [0.05, 0.1) is 0 Å². The minimum atomic E-state index is -0.717. The van der Waals surface area contributed by atoms with Crippen molar-refractivity contribution in [3.05, 3.63) is 113 Å². The first-order valence-corrected chi connectivity index (χ1v) is 8.91. The molecule has 0 radical (unpaired) electrons. The molecule has 0 aliphatic carbocycles. The second-order valence-corrected chi connectivity index (χ2v) is 6.09. The van der Waals surface area contributed by atoms with E-state index >= 15 is 0 Å². The summed E-state index contributed by atoms with van der Waals surface area (Å²) >= 11 is 0. The predicted molar refractivity (Wildman–Crippen MR) is 107 cm³/mol. The summed E-state index contributed by atoms with van der Waals surface area (Å²) in [5.74, 6) is -1.43. The number of carbonyl (C=O) groups is 2. The topological polar surface area (TPSA) is 52.6 Å². The van der Waals surface area contributed by atoms with Crippen LogP contribution >= 0.6 is 0 Å². The van der Waals surface area contributed by atoms with Gasteiger partial charge in [0.1, 0.15) is 18.8 Å². The quantitative estimate of drug-likeness (QED) is 0.264. The lowest BCUT2D eigenvalue weighted by Gasteiger charge is -2.09. The standard InChI is InChI=1S/C24H20O4/c25-23(27-17-20-12-6-2-7-13-20)22(16-19-10-4-1-5-11-19)24(26)28-18-21-14-8-3-9-15-21/h1-16H,17-18H2. The van der Waals surface area contributed by atoms with Gasteiger partial charge in [0, 0.05) is 0 Å². The number of benzene rings is 3. The number of ether oxygens (including phenoxy) is 2. The van der Waals surface area contributed by atoms with E-state index in [0.29, 0.717) is 5.56 Å². The molecule has 0 atom stereocenters. The van der Waals surface area contributed by atoms with Crippen molar-refractivity contribution >= 4 is 18.0 Å². The second-order valence-electron chi connectivity index (χ2n) is 6.09. The van der Waals surface area contributed by atoms with E-state index in [4.69, 9.17) is 9.47 Å². The van der Waals surface area contributed by atoms with E-state index in [0.717, 1.165) is 11.1 Å². The van der Waals surface area contributed by atoms with Crippen LogP contribution in [0.4, 0.5) is 0 Å². The molecule has 3 rings (SSSR count). The number of carbonyl (C=O) groups excluding carboxylic acids is 2. The Labute approximate surface area is 164 Å². The Bertz CT molecular complexity index is 875.